The van der Waals surface area contributed by atoms with Crippen LogP contribution in [0.1, 0.15) is 23.9 Å². The lowest BCUT2D eigenvalue weighted by atomic mass is 10.2. The van der Waals surface area contributed by atoms with E-state index in [-0.39, 0.29) is 0 Å². The van der Waals surface area contributed by atoms with Crippen LogP contribution in [0, 0.1) is 6.92 Å². The summed E-state index contributed by atoms with van der Waals surface area (Å²) < 4.78 is 5.80. The van der Waals surface area contributed by atoms with Crippen LogP contribution in [-0.4, -0.2) is 11.5 Å². The summed E-state index contributed by atoms with van der Waals surface area (Å²) in [5, 5.41) is 3.94. The van der Waals surface area contributed by atoms with Crippen molar-refractivity contribution in [1.82, 2.24) is 10.3 Å². The number of aromatic nitrogens is 1. The number of hydrogen-bond acceptors (Lipinski definition) is 3. The number of aryl methyl sites for hydroxylation is 1. The highest BCUT2D eigenvalue weighted by molar-refractivity contribution is 6.30. The molecule has 1 heterocycles. The molecule has 0 unspecified atom stereocenters. The van der Waals surface area contributed by atoms with E-state index < -0.39 is 0 Å². The van der Waals surface area contributed by atoms with Gasteiger partial charge in [-0.25, -0.2) is 0 Å². The molecule has 3 nitrogen and oxygen atoms in total. The highest BCUT2D eigenvalue weighted by atomic mass is 35.5. The smallest absolute Gasteiger partial charge is 0.130 e. The van der Waals surface area contributed by atoms with E-state index in [4.69, 9.17) is 16.3 Å². The topological polar surface area (TPSA) is 34.1 Å². The summed E-state index contributed by atoms with van der Waals surface area (Å²) in [5.41, 5.74) is 3.01. The molecule has 0 bridgehead atoms. The van der Waals surface area contributed by atoms with Gasteiger partial charge >= 0.3 is 0 Å². The molecule has 0 spiro atoms. The Morgan fingerprint density at radius 3 is 2.80 bits per heavy atom. The highest BCUT2D eigenvalue weighted by Crippen LogP contribution is 2.23. The number of halogens is 1. The second kappa shape index (κ2) is 7.27. The van der Waals surface area contributed by atoms with Crippen molar-refractivity contribution >= 4 is 11.6 Å². The standard InChI is InChI=1S/C16H19ClN2O/c1-3-18-10-14-5-4-6-15(19-14)11-20-16-9-13(17)8-7-12(16)2/h4-9,18H,3,10-11H2,1-2H3. The largest absolute Gasteiger partial charge is 0.487 e. The molecule has 106 valence electrons. The molecule has 0 saturated heterocycles. The predicted octanol–water partition coefficient (Wildman–Crippen LogP) is 3.73. The Morgan fingerprint density at radius 1 is 1.20 bits per heavy atom. The average molecular weight is 291 g/mol. The first-order chi connectivity index (χ1) is 9.69. The maximum atomic E-state index is 5.98. The maximum absolute atomic E-state index is 5.98. The van der Waals surface area contributed by atoms with Crippen molar-refractivity contribution < 1.29 is 4.74 Å². The Kier molecular flexibility index (Phi) is 5.39. The van der Waals surface area contributed by atoms with Gasteiger partial charge in [0.2, 0.25) is 0 Å². The fraction of sp³-hybridized carbons (Fsp3) is 0.312. The van der Waals surface area contributed by atoms with Crippen molar-refractivity contribution in [2.75, 3.05) is 6.54 Å². The molecule has 20 heavy (non-hydrogen) atoms. The third kappa shape index (κ3) is 4.22. The highest BCUT2D eigenvalue weighted by Gasteiger charge is 2.03. The first-order valence-electron chi connectivity index (χ1n) is 6.73. The molecule has 0 aliphatic heterocycles. The molecule has 0 radical (unpaired) electrons. The van der Waals surface area contributed by atoms with Crippen LogP contribution >= 0.6 is 11.6 Å². The Morgan fingerprint density at radius 2 is 2.00 bits per heavy atom. The molecule has 2 rings (SSSR count). The number of ether oxygens (including phenoxy) is 1. The zero-order valence-corrected chi connectivity index (χ0v) is 12.6. The first-order valence-corrected chi connectivity index (χ1v) is 7.11. The van der Waals surface area contributed by atoms with E-state index in [0.717, 1.165) is 35.8 Å². The van der Waals surface area contributed by atoms with Gasteiger partial charge in [0.25, 0.3) is 0 Å². The summed E-state index contributed by atoms with van der Waals surface area (Å²) in [6, 6.07) is 11.6. The molecule has 1 N–H and O–H groups in total. The van der Waals surface area contributed by atoms with E-state index in [9.17, 15) is 0 Å². The molecule has 1 aromatic carbocycles. The second-order valence-electron chi connectivity index (χ2n) is 4.60. The summed E-state index contributed by atoms with van der Waals surface area (Å²) in [6.07, 6.45) is 0. The fourth-order valence-electron chi connectivity index (χ4n) is 1.84. The summed E-state index contributed by atoms with van der Waals surface area (Å²) in [4.78, 5) is 4.56. The summed E-state index contributed by atoms with van der Waals surface area (Å²) >= 11 is 5.98. The minimum absolute atomic E-state index is 0.446. The van der Waals surface area contributed by atoms with Crippen LogP contribution < -0.4 is 10.1 Å². The lowest BCUT2D eigenvalue weighted by Gasteiger charge is -2.10. The molecular formula is C16H19ClN2O. The van der Waals surface area contributed by atoms with Gasteiger partial charge in [0.15, 0.2) is 0 Å². The van der Waals surface area contributed by atoms with Gasteiger partial charge in [-0.15, -0.1) is 0 Å². The predicted molar refractivity (Wildman–Crippen MR) is 82.1 cm³/mol. The van der Waals surface area contributed by atoms with Crippen LogP contribution in [0.15, 0.2) is 36.4 Å². The van der Waals surface area contributed by atoms with Crippen molar-refractivity contribution in [3.05, 3.63) is 58.4 Å². The summed E-state index contributed by atoms with van der Waals surface area (Å²) in [7, 11) is 0. The lowest BCUT2D eigenvalue weighted by molar-refractivity contribution is 0.299. The van der Waals surface area contributed by atoms with E-state index in [1.807, 2.05) is 43.3 Å². The van der Waals surface area contributed by atoms with E-state index in [0.29, 0.717) is 11.6 Å². The Bertz CT molecular complexity index is 572. The van der Waals surface area contributed by atoms with Crippen molar-refractivity contribution in [3.8, 4) is 5.75 Å². The number of pyridine rings is 1. The van der Waals surface area contributed by atoms with Crippen LogP contribution in [0.5, 0.6) is 5.75 Å². The van der Waals surface area contributed by atoms with Gasteiger partial charge in [0, 0.05) is 11.6 Å². The monoisotopic (exact) mass is 290 g/mol. The Balaban J connectivity index is 2.01. The van der Waals surface area contributed by atoms with Gasteiger partial charge in [0.05, 0.1) is 11.4 Å². The molecule has 0 saturated carbocycles. The Labute approximate surface area is 124 Å². The second-order valence-corrected chi connectivity index (χ2v) is 5.04. The van der Waals surface area contributed by atoms with Crippen LogP contribution in [0.4, 0.5) is 0 Å². The molecule has 0 amide bonds. The van der Waals surface area contributed by atoms with Gasteiger partial charge in [-0.1, -0.05) is 30.7 Å². The Hall–Kier alpha value is -1.58. The number of nitrogens with one attached hydrogen (secondary N) is 1. The SMILES string of the molecule is CCNCc1cccc(COc2cc(Cl)ccc2C)n1. The normalized spacial score (nSPS) is 10.6. The molecule has 1 aromatic heterocycles. The van der Waals surface area contributed by atoms with Gasteiger partial charge in [-0.2, -0.15) is 0 Å². The van der Waals surface area contributed by atoms with E-state index in [2.05, 4.69) is 17.2 Å². The zero-order chi connectivity index (χ0) is 14.4. The molecule has 0 fully saturated rings. The van der Waals surface area contributed by atoms with Crippen molar-refractivity contribution in [2.45, 2.75) is 27.0 Å². The number of rotatable bonds is 6. The van der Waals surface area contributed by atoms with Gasteiger partial charge in [0.1, 0.15) is 12.4 Å². The third-order valence-electron chi connectivity index (χ3n) is 2.95. The van der Waals surface area contributed by atoms with Crippen molar-refractivity contribution in [1.29, 1.82) is 0 Å². The molecule has 4 heteroatoms. The minimum atomic E-state index is 0.446. The first kappa shape index (κ1) is 14.8. The molecule has 2 aromatic rings. The average Bonchev–Trinajstić information content (AvgIpc) is 2.46. The number of nitrogens with zero attached hydrogens (tertiary/aromatic N) is 1. The van der Waals surface area contributed by atoms with Crippen molar-refractivity contribution in [2.24, 2.45) is 0 Å². The van der Waals surface area contributed by atoms with Gasteiger partial charge in [-0.05, 0) is 43.3 Å². The third-order valence-corrected chi connectivity index (χ3v) is 3.18. The zero-order valence-electron chi connectivity index (χ0n) is 11.8. The van der Waals surface area contributed by atoms with Gasteiger partial charge in [-0.3, -0.25) is 4.98 Å². The number of hydrogen-bond donors (Lipinski definition) is 1. The van der Waals surface area contributed by atoms with E-state index >= 15 is 0 Å². The van der Waals surface area contributed by atoms with Crippen LogP contribution in [0.2, 0.25) is 5.02 Å². The summed E-state index contributed by atoms with van der Waals surface area (Å²) in [6.45, 7) is 6.24. The molecule has 0 atom stereocenters. The van der Waals surface area contributed by atoms with Crippen LogP contribution in [0.25, 0.3) is 0 Å². The quantitative estimate of drug-likeness (QED) is 0.880. The van der Waals surface area contributed by atoms with Crippen molar-refractivity contribution in [3.63, 3.8) is 0 Å². The molecule has 0 aliphatic rings. The van der Waals surface area contributed by atoms with Crippen LogP contribution in [0.3, 0.4) is 0 Å². The van der Waals surface area contributed by atoms with E-state index in [1.165, 1.54) is 0 Å². The summed E-state index contributed by atoms with van der Waals surface area (Å²) in [5.74, 6) is 0.802. The lowest BCUT2D eigenvalue weighted by Crippen LogP contribution is -2.13. The van der Waals surface area contributed by atoms with Gasteiger partial charge < -0.3 is 10.1 Å². The molecule has 0 aliphatic carbocycles. The molecular weight excluding hydrogens is 272 g/mol. The fourth-order valence-corrected chi connectivity index (χ4v) is 2.00. The van der Waals surface area contributed by atoms with Crippen LogP contribution in [-0.2, 0) is 13.2 Å². The maximum Gasteiger partial charge on any atom is 0.130 e. The minimum Gasteiger partial charge on any atom is -0.487 e. The van der Waals surface area contributed by atoms with E-state index in [1.54, 1.807) is 0 Å². The number of benzene rings is 1.